The minimum atomic E-state index is -4.34. The molecular formula is C12H12F3NO. The number of hydrogen-bond donors (Lipinski definition) is 1. The molecule has 0 saturated heterocycles. The lowest BCUT2D eigenvalue weighted by molar-refractivity contribution is -0.137. The summed E-state index contributed by atoms with van der Waals surface area (Å²) in [5, 5.41) is 10.2. The fourth-order valence-electron chi connectivity index (χ4n) is 1.92. The molecule has 0 aliphatic rings. The molecule has 0 aliphatic carbocycles. The minimum absolute atomic E-state index is 0.468. The molecule has 17 heavy (non-hydrogen) atoms. The van der Waals surface area contributed by atoms with E-state index in [2.05, 4.69) is 0 Å². The van der Waals surface area contributed by atoms with Gasteiger partial charge < -0.3 is 9.67 Å². The third kappa shape index (κ3) is 2.02. The van der Waals surface area contributed by atoms with Crippen LogP contribution in [0.4, 0.5) is 13.2 Å². The van der Waals surface area contributed by atoms with Crippen molar-refractivity contribution in [2.24, 2.45) is 7.05 Å². The van der Waals surface area contributed by atoms with E-state index >= 15 is 0 Å². The van der Waals surface area contributed by atoms with Crippen LogP contribution in [-0.4, -0.2) is 9.67 Å². The number of hydrogen-bond acceptors (Lipinski definition) is 1. The number of aliphatic hydroxyl groups is 1. The van der Waals surface area contributed by atoms with Gasteiger partial charge in [-0.05, 0) is 19.1 Å². The second-order valence-electron chi connectivity index (χ2n) is 4.10. The molecule has 1 unspecified atom stereocenters. The van der Waals surface area contributed by atoms with E-state index in [1.807, 2.05) is 0 Å². The molecule has 1 N–H and O–H groups in total. The van der Waals surface area contributed by atoms with Gasteiger partial charge in [-0.1, -0.05) is 6.07 Å². The van der Waals surface area contributed by atoms with Crippen LogP contribution in [-0.2, 0) is 13.2 Å². The van der Waals surface area contributed by atoms with Crippen molar-refractivity contribution in [1.29, 1.82) is 0 Å². The quantitative estimate of drug-likeness (QED) is 0.817. The van der Waals surface area contributed by atoms with Gasteiger partial charge in [-0.2, -0.15) is 13.2 Å². The van der Waals surface area contributed by atoms with Crippen molar-refractivity contribution in [1.82, 2.24) is 4.57 Å². The highest BCUT2D eigenvalue weighted by molar-refractivity contribution is 5.85. The Hall–Kier alpha value is -1.49. The van der Waals surface area contributed by atoms with E-state index in [0.717, 1.165) is 12.1 Å². The molecule has 2 aromatic rings. The molecule has 1 aromatic heterocycles. The minimum Gasteiger partial charge on any atom is -0.389 e. The first-order valence-electron chi connectivity index (χ1n) is 5.15. The zero-order valence-corrected chi connectivity index (χ0v) is 9.42. The van der Waals surface area contributed by atoms with Gasteiger partial charge in [-0.3, -0.25) is 0 Å². The summed E-state index contributed by atoms with van der Waals surface area (Å²) in [7, 11) is 1.66. The SMILES string of the molecule is CC(O)c1cn(C)c2cc(C(F)(F)F)ccc12. The topological polar surface area (TPSA) is 25.2 Å². The van der Waals surface area contributed by atoms with E-state index in [1.54, 1.807) is 24.7 Å². The first-order chi connectivity index (χ1) is 7.80. The third-order valence-corrected chi connectivity index (χ3v) is 2.80. The Morgan fingerprint density at radius 1 is 1.29 bits per heavy atom. The van der Waals surface area contributed by atoms with Gasteiger partial charge in [0.25, 0.3) is 0 Å². The van der Waals surface area contributed by atoms with Gasteiger partial charge in [-0.15, -0.1) is 0 Å². The largest absolute Gasteiger partial charge is 0.416 e. The molecule has 0 radical (unpaired) electrons. The summed E-state index contributed by atoms with van der Waals surface area (Å²) in [4.78, 5) is 0. The maximum atomic E-state index is 12.6. The number of benzene rings is 1. The maximum absolute atomic E-state index is 12.6. The van der Waals surface area contributed by atoms with E-state index < -0.39 is 17.8 Å². The number of rotatable bonds is 1. The predicted octanol–water partition coefficient (Wildman–Crippen LogP) is 3.25. The maximum Gasteiger partial charge on any atom is 0.416 e. The van der Waals surface area contributed by atoms with Crippen molar-refractivity contribution in [2.75, 3.05) is 0 Å². The smallest absolute Gasteiger partial charge is 0.389 e. The summed E-state index contributed by atoms with van der Waals surface area (Å²) in [5.74, 6) is 0. The van der Waals surface area contributed by atoms with Crippen LogP contribution in [0.5, 0.6) is 0 Å². The highest BCUT2D eigenvalue weighted by Gasteiger charge is 2.31. The van der Waals surface area contributed by atoms with Gasteiger partial charge in [0, 0.05) is 29.7 Å². The van der Waals surface area contributed by atoms with Crippen molar-refractivity contribution in [3.63, 3.8) is 0 Å². The Labute approximate surface area is 96.3 Å². The van der Waals surface area contributed by atoms with E-state index in [9.17, 15) is 18.3 Å². The monoisotopic (exact) mass is 243 g/mol. The Morgan fingerprint density at radius 2 is 1.94 bits per heavy atom. The predicted molar refractivity (Wildman–Crippen MR) is 58.6 cm³/mol. The molecular weight excluding hydrogens is 231 g/mol. The first kappa shape index (κ1) is 12.0. The Balaban J connectivity index is 2.68. The summed E-state index contributed by atoms with van der Waals surface area (Å²) in [6, 6.07) is 3.54. The van der Waals surface area contributed by atoms with Gasteiger partial charge in [0.1, 0.15) is 0 Å². The third-order valence-electron chi connectivity index (χ3n) is 2.80. The van der Waals surface area contributed by atoms with E-state index in [-0.39, 0.29) is 0 Å². The van der Waals surface area contributed by atoms with Crippen LogP contribution in [0, 0.1) is 0 Å². The number of halogens is 3. The molecule has 1 aromatic carbocycles. The van der Waals surface area contributed by atoms with Gasteiger partial charge in [-0.25, -0.2) is 0 Å². The molecule has 92 valence electrons. The van der Waals surface area contributed by atoms with Crippen molar-refractivity contribution in [2.45, 2.75) is 19.2 Å². The van der Waals surface area contributed by atoms with Gasteiger partial charge in [0.2, 0.25) is 0 Å². The highest BCUT2D eigenvalue weighted by Crippen LogP contribution is 2.33. The Bertz CT molecular complexity index is 555. The Kier molecular flexibility index (Phi) is 2.66. The summed E-state index contributed by atoms with van der Waals surface area (Å²) in [6.07, 6.45) is -3.39. The molecule has 1 heterocycles. The molecule has 1 atom stereocenters. The van der Waals surface area contributed by atoms with E-state index in [4.69, 9.17) is 0 Å². The molecule has 0 aliphatic heterocycles. The van der Waals surface area contributed by atoms with Crippen molar-refractivity contribution < 1.29 is 18.3 Å². The highest BCUT2D eigenvalue weighted by atomic mass is 19.4. The van der Waals surface area contributed by atoms with E-state index in [0.29, 0.717) is 16.5 Å². The van der Waals surface area contributed by atoms with Crippen LogP contribution in [0.2, 0.25) is 0 Å². The molecule has 0 amide bonds. The van der Waals surface area contributed by atoms with Crippen molar-refractivity contribution in [3.05, 3.63) is 35.5 Å². The van der Waals surface area contributed by atoms with Crippen LogP contribution in [0.15, 0.2) is 24.4 Å². The fraction of sp³-hybridized carbons (Fsp3) is 0.333. The Morgan fingerprint density at radius 3 is 2.47 bits per heavy atom. The number of fused-ring (bicyclic) bond motifs is 1. The lowest BCUT2D eigenvalue weighted by Gasteiger charge is -2.07. The number of aryl methyl sites for hydroxylation is 1. The second-order valence-corrected chi connectivity index (χ2v) is 4.10. The first-order valence-corrected chi connectivity index (χ1v) is 5.15. The van der Waals surface area contributed by atoms with Crippen LogP contribution in [0.25, 0.3) is 10.9 Å². The van der Waals surface area contributed by atoms with Crippen LogP contribution >= 0.6 is 0 Å². The number of aliphatic hydroxyl groups excluding tert-OH is 1. The average Bonchev–Trinajstić information content (AvgIpc) is 2.55. The number of alkyl halides is 3. The molecule has 0 fully saturated rings. The van der Waals surface area contributed by atoms with Crippen molar-refractivity contribution in [3.8, 4) is 0 Å². The van der Waals surface area contributed by atoms with E-state index in [1.165, 1.54) is 6.07 Å². The molecule has 0 bridgehead atoms. The summed E-state index contributed by atoms with van der Waals surface area (Å²) >= 11 is 0. The zero-order chi connectivity index (χ0) is 12.8. The summed E-state index contributed by atoms with van der Waals surface area (Å²) < 4.78 is 39.3. The molecule has 2 nitrogen and oxygen atoms in total. The summed E-state index contributed by atoms with van der Waals surface area (Å²) in [5.41, 5.74) is 0.426. The van der Waals surface area contributed by atoms with Gasteiger partial charge in [0.05, 0.1) is 11.7 Å². The van der Waals surface area contributed by atoms with Crippen LogP contribution < -0.4 is 0 Å². The number of aromatic nitrogens is 1. The van der Waals surface area contributed by atoms with Crippen LogP contribution in [0.3, 0.4) is 0 Å². The number of nitrogens with zero attached hydrogens (tertiary/aromatic N) is 1. The molecule has 2 rings (SSSR count). The fourth-order valence-corrected chi connectivity index (χ4v) is 1.92. The zero-order valence-electron chi connectivity index (χ0n) is 9.42. The summed E-state index contributed by atoms with van der Waals surface area (Å²) in [6.45, 7) is 1.59. The molecule has 0 saturated carbocycles. The lowest BCUT2D eigenvalue weighted by Crippen LogP contribution is -2.04. The lowest BCUT2D eigenvalue weighted by atomic mass is 10.1. The normalized spacial score (nSPS) is 14.2. The average molecular weight is 243 g/mol. The van der Waals surface area contributed by atoms with Crippen LogP contribution in [0.1, 0.15) is 24.2 Å². The molecule has 5 heteroatoms. The molecule has 0 spiro atoms. The second kappa shape index (κ2) is 3.77. The standard InChI is InChI=1S/C12H12F3NO/c1-7(17)10-6-16(2)11-5-8(12(13,14)15)3-4-9(10)11/h3-7,17H,1-2H3. The van der Waals surface area contributed by atoms with Crippen molar-refractivity contribution >= 4 is 10.9 Å². The van der Waals surface area contributed by atoms with Gasteiger partial charge in [0.15, 0.2) is 0 Å². The van der Waals surface area contributed by atoms with Gasteiger partial charge >= 0.3 is 6.18 Å².